The summed E-state index contributed by atoms with van der Waals surface area (Å²) in [6, 6.07) is 8.61. The maximum absolute atomic E-state index is 11.6. The highest BCUT2D eigenvalue weighted by atomic mass is 16.3. The van der Waals surface area contributed by atoms with E-state index in [1.807, 2.05) is 0 Å². The maximum atomic E-state index is 11.6. The van der Waals surface area contributed by atoms with Gasteiger partial charge in [0, 0.05) is 39.1 Å². The SMILES string of the molecule is O=C1CCCN1CC(O)CN1CCc2ccccc2CC1. The number of carbonyl (C=O) groups excluding carboxylic acids is 1. The summed E-state index contributed by atoms with van der Waals surface area (Å²) >= 11 is 0. The van der Waals surface area contributed by atoms with Crippen LogP contribution >= 0.6 is 0 Å². The lowest BCUT2D eigenvalue weighted by molar-refractivity contribution is -0.129. The molecule has 0 aliphatic carbocycles. The normalized spacial score (nSPS) is 21.2. The number of hydrogen-bond acceptors (Lipinski definition) is 3. The zero-order valence-electron chi connectivity index (χ0n) is 12.5. The minimum Gasteiger partial charge on any atom is -0.390 e. The summed E-state index contributed by atoms with van der Waals surface area (Å²) in [6.07, 6.45) is 3.24. The molecule has 4 nitrogen and oxygen atoms in total. The van der Waals surface area contributed by atoms with Crippen molar-refractivity contribution in [3.05, 3.63) is 35.4 Å². The van der Waals surface area contributed by atoms with Crippen LogP contribution in [-0.4, -0.2) is 59.6 Å². The van der Waals surface area contributed by atoms with Crippen molar-refractivity contribution in [1.29, 1.82) is 0 Å². The van der Waals surface area contributed by atoms with E-state index >= 15 is 0 Å². The molecule has 1 amide bonds. The van der Waals surface area contributed by atoms with Crippen LogP contribution in [-0.2, 0) is 17.6 Å². The first-order valence-electron chi connectivity index (χ1n) is 7.97. The third kappa shape index (κ3) is 3.63. The minimum atomic E-state index is -0.437. The van der Waals surface area contributed by atoms with Crippen LogP contribution in [0, 0.1) is 0 Å². The third-order valence-electron chi connectivity index (χ3n) is 4.58. The predicted molar refractivity (Wildman–Crippen MR) is 82.1 cm³/mol. The van der Waals surface area contributed by atoms with Gasteiger partial charge in [0.05, 0.1) is 6.10 Å². The first kappa shape index (κ1) is 14.5. The molecule has 114 valence electrons. The fourth-order valence-corrected chi connectivity index (χ4v) is 3.40. The lowest BCUT2D eigenvalue weighted by Gasteiger charge is -2.26. The number of hydrogen-bond donors (Lipinski definition) is 1. The van der Waals surface area contributed by atoms with Gasteiger partial charge < -0.3 is 14.9 Å². The van der Waals surface area contributed by atoms with Crippen molar-refractivity contribution in [2.45, 2.75) is 31.8 Å². The Balaban J connectivity index is 1.51. The van der Waals surface area contributed by atoms with Crippen LogP contribution in [0.25, 0.3) is 0 Å². The molecular weight excluding hydrogens is 264 g/mol. The van der Waals surface area contributed by atoms with Gasteiger partial charge in [-0.25, -0.2) is 0 Å². The van der Waals surface area contributed by atoms with Gasteiger partial charge in [-0.3, -0.25) is 4.79 Å². The topological polar surface area (TPSA) is 43.8 Å². The van der Waals surface area contributed by atoms with Crippen molar-refractivity contribution in [2.75, 3.05) is 32.7 Å². The highest BCUT2D eigenvalue weighted by molar-refractivity contribution is 5.78. The Morgan fingerprint density at radius 3 is 2.24 bits per heavy atom. The Bertz CT molecular complexity index is 476. The molecule has 1 aromatic rings. The van der Waals surface area contributed by atoms with E-state index < -0.39 is 6.10 Å². The van der Waals surface area contributed by atoms with Crippen molar-refractivity contribution in [2.24, 2.45) is 0 Å². The monoisotopic (exact) mass is 288 g/mol. The van der Waals surface area contributed by atoms with E-state index in [9.17, 15) is 9.90 Å². The van der Waals surface area contributed by atoms with E-state index in [0.29, 0.717) is 19.5 Å². The van der Waals surface area contributed by atoms with Crippen molar-refractivity contribution >= 4 is 5.91 Å². The standard InChI is InChI=1S/C17H24N2O2/c20-16(13-19-9-3-6-17(19)21)12-18-10-7-14-4-1-2-5-15(14)8-11-18/h1-2,4-5,16,20H,3,6-13H2. The fourth-order valence-electron chi connectivity index (χ4n) is 3.40. The van der Waals surface area contributed by atoms with Gasteiger partial charge in [0.15, 0.2) is 0 Å². The van der Waals surface area contributed by atoms with Crippen molar-refractivity contribution in [3.8, 4) is 0 Å². The summed E-state index contributed by atoms with van der Waals surface area (Å²) in [6.45, 7) is 3.94. The van der Waals surface area contributed by atoms with E-state index in [0.717, 1.165) is 38.9 Å². The Kier molecular flexibility index (Phi) is 4.56. The Hall–Kier alpha value is -1.39. The quantitative estimate of drug-likeness (QED) is 0.901. The highest BCUT2D eigenvalue weighted by Gasteiger charge is 2.24. The lowest BCUT2D eigenvalue weighted by Crippen LogP contribution is -2.41. The number of rotatable bonds is 4. The number of aliphatic hydroxyl groups excluding tert-OH is 1. The molecule has 3 rings (SSSR count). The molecule has 1 aromatic carbocycles. The molecule has 21 heavy (non-hydrogen) atoms. The van der Waals surface area contributed by atoms with Crippen LogP contribution in [0.1, 0.15) is 24.0 Å². The second-order valence-corrected chi connectivity index (χ2v) is 6.17. The number of benzene rings is 1. The number of β-amino-alcohol motifs (C(OH)–C–C–N with tert-alkyl or cyclic N) is 1. The van der Waals surface area contributed by atoms with Crippen LogP contribution in [0.2, 0.25) is 0 Å². The van der Waals surface area contributed by atoms with Crippen LogP contribution in [0.3, 0.4) is 0 Å². The second kappa shape index (κ2) is 6.58. The minimum absolute atomic E-state index is 0.192. The third-order valence-corrected chi connectivity index (χ3v) is 4.58. The van der Waals surface area contributed by atoms with Gasteiger partial charge in [-0.2, -0.15) is 0 Å². The molecule has 2 aliphatic rings. The Morgan fingerprint density at radius 1 is 1.00 bits per heavy atom. The number of nitrogens with zero attached hydrogens (tertiary/aromatic N) is 2. The molecule has 2 heterocycles. The zero-order chi connectivity index (χ0) is 14.7. The van der Waals surface area contributed by atoms with E-state index in [1.54, 1.807) is 4.90 Å². The van der Waals surface area contributed by atoms with Crippen molar-refractivity contribution < 1.29 is 9.90 Å². The smallest absolute Gasteiger partial charge is 0.222 e. The van der Waals surface area contributed by atoms with Crippen LogP contribution in [0.15, 0.2) is 24.3 Å². The first-order chi connectivity index (χ1) is 10.2. The van der Waals surface area contributed by atoms with E-state index in [4.69, 9.17) is 0 Å². The molecule has 0 radical (unpaired) electrons. The molecule has 0 spiro atoms. The van der Waals surface area contributed by atoms with Crippen LogP contribution < -0.4 is 0 Å². The predicted octanol–water partition coefficient (Wildman–Crippen LogP) is 1.07. The van der Waals surface area contributed by atoms with Gasteiger partial charge in [0.2, 0.25) is 5.91 Å². The summed E-state index contributed by atoms with van der Waals surface area (Å²) in [4.78, 5) is 15.7. The number of aliphatic hydroxyl groups is 1. The second-order valence-electron chi connectivity index (χ2n) is 6.17. The summed E-state index contributed by atoms with van der Waals surface area (Å²) in [7, 11) is 0. The van der Waals surface area contributed by atoms with Crippen molar-refractivity contribution in [1.82, 2.24) is 9.80 Å². The Labute approximate surface area is 126 Å². The number of likely N-dealkylation sites (tertiary alicyclic amines) is 1. The molecule has 0 bridgehead atoms. The largest absolute Gasteiger partial charge is 0.390 e. The number of fused-ring (bicyclic) bond motifs is 1. The summed E-state index contributed by atoms with van der Waals surface area (Å²) in [5, 5.41) is 10.3. The van der Waals surface area contributed by atoms with Crippen LogP contribution in [0.5, 0.6) is 0 Å². The van der Waals surface area contributed by atoms with Gasteiger partial charge in [-0.15, -0.1) is 0 Å². The number of carbonyl (C=O) groups is 1. The zero-order valence-corrected chi connectivity index (χ0v) is 12.5. The van der Waals surface area contributed by atoms with E-state index in [-0.39, 0.29) is 5.91 Å². The van der Waals surface area contributed by atoms with E-state index in [1.165, 1.54) is 11.1 Å². The van der Waals surface area contributed by atoms with Crippen molar-refractivity contribution in [3.63, 3.8) is 0 Å². The molecule has 1 N–H and O–H groups in total. The highest BCUT2D eigenvalue weighted by Crippen LogP contribution is 2.16. The summed E-state index contributed by atoms with van der Waals surface area (Å²) < 4.78 is 0. The molecular formula is C17H24N2O2. The summed E-state index contributed by atoms with van der Waals surface area (Å²) in [5.41, 5.74) is 2.87. The van der Waals surface area contributed by atoms with Gasteiger partial charge >= 0.3 is 0 Å². The molecule has 2 aliphatic heterocycles. The molecule has 0 saturated carbocycles. The van der Waals surface area contributed by atoms with Gasteiger partial charge in [-0.1, -0.05) is 24.3 Å². The molecule has 1 saturated heterocycles. The summed E-state index contributed by atoms with van der Waals surface area (Å²) in [5.74, 6) is 0.192. The average molecular weight is 288 g/mol. The van der Waals surface area contributed by atoms with E-state index in [2.05, 4.69) is 29.2 Å². The molecule has 0 aromatic heterocycles. The van der Waals surface area contributed by atoms with Crippen LogP contribution in [0.4, 0.5) is 0 Å². The lowest BCUT2D eigenvalue weighted by atomic mass is 10.0. The molecule has 4 heteroatoms. The maximum Gasteiger partial charge on any atom is 0.222 e. The Morgan fingerprint density at radius 2 is 1.67 bits per heavy atom. The molecule has 1 fully saturated rings. The van der Waals surface area contributed by atoms with Gasteiger partial charge in [-0.05, 0) is 30.4 Å². The first-order valence-corrected chi connectivity index (χ1v) is 7.97. The average Bonchev–Trinajstić information content (AvgIpc) is 2.76. The molecule has 1 unspecified atom stereocenters. The number of amides is 1. The van der Waals surface area contributed by atoms with Gasteiger partial charge in [0.1, 0.15) is 0 Å². The fraction of sp³-hybridized carbons (Fsp3) is 0.588. The molecule has 1 atom stereocenters. The van der Waals surface area contributed by atoms with Gasteiger partial charge in [0.25, 0.3) is 0 Å².